The second-order valence-corrected chi connectivity index (χ2v) is 11.2. The molecule has 2 aliphatic rings. The van der Waals surface area contributed by atoms with Crippen LogP contribution in [-0.2, 0) is 29.9 Å². The van der Waals surface area contributed by atoms with Crippen LogP contribution in [0.15, 0.2) is 21.8 Å². The van der Waals surface area contributed by atoms with Crippen molar-refractivity contribution in [3.05, 3.63) is 33.7 Å². The Morgan fingerprint density at radius 2 is 1.91 bits per heavy atom. The molecule has 2 aliphatic heterocycles. The van der Waals surface area contributed by atoms with E-state index in [1.54, 1.807) is 23.9 Å². The number of piperazine rings is 1. The lowest BCUT2D eigenvalue weighted by Crippen LogP contribution is -2.47. The Kier molecular flexibility index (Phi) is 5.73. The molecule has 1 atom stereocenters. The Bertz CT molecular complexity index is 1420. The number of hydrogen-bond donors (Lipinski definition) is 1. The number of likely N-dealkylation sites (N-methyl/N-ethyl adjacent to an activating group) is 1. The van der Waals surface area contributed by atoms with E-state index in [0.717, 1.165) is 17.7 Å². The molecule has 1 saturated heterocycles. The van der Waals surface area contributed by atoms with Crippen LogP contribution in [0.4, 0.5) is 0 Å². The molecule has 10 nitrogen and oxygen atoms in total. The van der Waals surface area contributed by atoms with Crippen LogP contribution in [0, 0.1) is 0 Å². The predicted octanol–water partition coefficient (Wildman–Crippen LogP) is 1.54. The van der Waals surface area contributed by atoms with Gasteiger partial charge in [-0.25, -0.2) is 13.4 Å². The number of benzene rings is 1. The SMILES string of the molecule is CCCc1nn(C)c2c(=O)[nH]c(-c3cc(S(=O)(=O)N4CCN(C)CC4)cc4c3O[C@H](C)C4)nc12. The monoisotopic (exact) mass is 486 g/mol. The largest absolute Gasteiger partial charge is 0.489 e. The van der Waals surface area contributed by atoms with Crippen molar-refractivity contribution >= 4 is 21.1 Å². The van der Waals surface area contributed by atoms with Gasteiger partial charge in [-0.15, -0.1) is 0 Å². The second-order valence-electron chi connectivity index (χ2n) is 9.23. The van der Waals surface area contributed by atoms with Crippen LogP contribution in [-0.4, -0.2) is 76.7 Å². The number of nitrogens with zero attached hydrogens (tertiary/aromatic N) is 5. The zero-order chi connectivity index (χ0) is 24.2. The van der Waals surface area contributed by atoms with Gasteiger partial charge in [-0.3, -0.25) is 9.48 Å². The van der Waals surface area contributed by atoms with E-state index in [9.17, 15) is 13.2 Å². The van der Waals surface area contributed by atoms with Crippen LogP contribution >= 0.6 is 0 Å². The fourth-order valence-corrected chi connectivity index (χ4v) is 6.29. The molecule has 5 rings (SSSR count). The van der Waals surface area contributed by atoms with Gasteiger partial charge in [0, 0.05) is 39.6 Å². The topological polar surface area (TPSA) is 113 Å². The molecule has 0 saturated carbocycles. The number of aryl methyl sites for hydroxylation is 2. The van der Waals surface area contributed by atoms with E-state index in [4.69, 9.17) is 9.72 Å². The van der Waals surface area contributed by atoms with Gasteiger partial charge in [0.2, 0.25) is 10.0 Å². The highest BCUT2D eigenvalue weighted by molar-refractivity contribution is 7.89. The molecule has 11 heteroatoms. The van der Waals surface area contributed by atoms with Gasteiger partial charge in [-0.1, -0.05) is 13.3 Å². The minimum atomic E-state index is -3.71. The van der Waals surface area contributed by atoms with Crippen molar-refractivity contribution in [2.45, 2.75) is 44.1 Å². The first kappa shape index (κ1) is 23.0. The van der Waals surface area contributed by atoms with Crippen molar-refractivity contribution in [1.82, 2.24) is 29.0 Å². The first-order valence-corrected chi connectivity index (χ1v) is 13.1. The Morgan fingerprint density at radius 3 is 2.62 bits per heavy atom. The summed E-state index contributed by atoms with van der Waals surface area (Å²) in [7, 11) is 0.00627. The van der Waals surface area contributed by atoms with Crippen LogP contribution in [0.1, 0.15) is 31.5 Å². The van der Waals surface area contributed by atoms with E-state index < -0.39 is 10.0 Å². The Labute approximate surface area is 198 Å². The summed E-state index contributed by atoms with van der Waals surface area (Å²) >= 11 is 0. The van der Waals surface area contributed by atoms with Gasteiger partial charge >= 0.3 is 0 Å². The maximum atomic E-state index is 13.5. The van der Waals surface area contributed by atoms with Gasteiger partial charge in [-0.05, 0) is 38.1 Å². The number of sulfonamides is 1. The highest BCUT2D eigenvalue weighted by Crippen LogP contribution is 2.40. The van der Waals surface area contributed by atoms with Crippen molar-refractivity contribution in [2.75, 3.05) is 33.2 Å². The van der Waals surface area contributed by atoms with E-state index in [1.165, 1.54) is 4.31 Å². The summed E-state index contributed by atoms with van der Waals surface area (Å²) in [4.78, 5) is 22.9. The number of fused-ring (bicyclic) bond motifs is 2. The third-order valence-electron chi connectivity index (χ3n) is 6.57. The second kappa shape index (κ2) is 8.47. The van der Waals surface area contributed by atoms with Gasteiger partial charge in [-0.2, -0.15) is 9.40 Å². The average molecular weight is 487 g/mol. The molecule has 0 amide bonds. The molecule has 0 bridgehead atoms. The van der Waals surface area contributed by atoms with Gasteiger partial charge < -0.3 is 14.6 Å². The summed E-state index contributed by atoms with van der Waals surface area (Å²) in [5.41, 5.74) is 2.67. The average Bonchev–Trinajstić information content (AvgIpc) is 3.32. The van der Waals surface area contributed by atoms with Crippen LogP contribution < -0.4 is 10.3 Å². The highest BCUT2D eigenvalue weighted by Gasteiger charge is 2.32. The molecule has 1 fully saturated rings. The number of aromatic nitrogens is 4. The van der Waals surface area contributed by atoms with Crippen LogP contribution in [0.25, 0.3) is 22.4 Å². The van der Waals surface area contributed by atoms with E-state index in [2.05, 4.69) is 15.0 Å². The van der Waals surface area contributed by atoms with Crippen molar-refractivity contribution in [1.29, 1.82) is 0 Å². The lowest BCUT2D eigenvalue weighted by Gasteiger charge is -2.31. The maximum Gasteiger partial charge on any atom is 0.277 e. The number of ether oxygens (including phenoxy) is 1. The molecule has 182 valence electrons. The number of H-pyrrole nitrogens is 1. The minimum Gasteiger partial charge on any atom is -0.489 e. The summed E-state index contributed by atoms with van der Waals surface area (Å²) in [6.07, 6.45) is 2.05. The molecule has 1 aromatic carbocycles. The third kappa shape index (κ3) is 3.81. The number of aromatic amines is 1. The molecule has 0 spiro atoms. The van der Waals surface area contributed by atoms with E-state index in [0.29, 0.717) is 67.2 Å². The van der Waals surface area contributed by atoms with Crippen molar-refractivity contribution in [2.24, 2.45) is 7.05 Å². The first-order chi connectivity index (χ1) is 16.2. The zero-order valence-electron chi connectivity index (χ0n) is 20.0. The number of hydrogen-bond acceptors (Lipinski definition) is 7. The maximum absolute atomic E-state index is 13.5. The molecular formula is C23H30N6O4S. The van der Waals surface area contributed by atoms with Crippen LogP contribution in [0.2, 0.25) is 0 Å². The summed E-state index contributed by atoms with van der Waals surface area (Å²) < 4.78 is 36.2. The molecule has 1 N–H and O–H groups in total. The lowest BCUT2D eigenvalue weighted by atomic mass is 10.1. The molecule has 0 aliphatic carbocycles. The van der Waals surface area contributed by atoms with E-state index in [1.807, 2.05) is 20.9 Å². The Balaban J connectivity index is 1.68. The Hall–Kier alpha value is -2.76. The number of rotatable bonds is 5. The van der Waals surface area contributed by atoms with Gasteiger partial charge in [0.1, 0.15) is 23.2 Å². The number of nitrogens with one attached hydrogen (secondary N) is 1. The summed E-state index contributed by atoms with van der Waals surface area (Å²) in [6, 6.07) is 3.30. The smallest absolute Gasteiger partial charge is 0.277 e. The molecule has 4 heterocycles. The van der Waals surface area contributed by atoms with Crippen molar-refractivity contribution in [3.8, 4) is 17.1 Å². The van der Waals surface area contributed by atoms with E-state index >= 15 is 0 Å². The fourth-order valence-electron chi connectivity index (χ4n) is 4.79. The summed E-state index contributed by atoms with van der Waals surface area (Å²) in [5, 5.41) is 4.48. The van der Waals surface area contributed by atoms with Gasteiger partial charge in [0.05, 0.1) is 16.2 Å². The molecule has 2 aromatic heterocycles. The van der Waals surface area contributed by atoms with Gasteiger partial charge in [0.15, 0.2) is 5.52 Å². The predicted molar refractivity (Wildman–Crippen MR) is 129 cm³/mol. The van der Waals surface area contributed by atoms with Gasteiger partial charge in [0.25, 0.3) is 5.56 Å². The van der Waals surface area contributed by atoms with Crippen molar-refractivity contribution < 1.29 is 13.2 Å². The highest BCUT2D eigenvalue weighted by atomic mass is 32.2. The summed E-state index contributed by atoms with van der Waals surface area (Å²) in [6.45, 7) is 6.24. The Morgan fingerprint density at radius 1 is 1.18 bits per heavy atom. The minimum absolute atomic E-state index is 0.0974. The normalized spacial score (nSPS) is 19.5. The standard InChI is InChI=1S/C23H30N6O4S/c1-5-6-18-19-20(28(4)26-18)23(30)25-22(24-19)17-13-16(12-15-11-14(2)33-21(15)17)34(31,32)29-9-7-27(3)8-10-29/h12-14H,5-11H2,1-4H3,(H,24,25,30)/t14-/m1/s1. The lowest BCUT2D eigenvalue weighted by molar-refractivity contribution is 0.222. The van der Waals surface area contributed by atoms with E-state index in [-0.39, 0.29) is 16.6 Å². The molecule has 34 heavy (non-hydrogen) atoms. The summed E-state index contributed by atoms with van der Waals surface area (Å²) in [5.74, 6) is 0.872. The van der Waals surface area contributed by atoms with Crippen molar-refractivity contribution in [3.63, 3.8) is 0 Å². The third-order valence-corrected chi connectivity index (χ3v) is 8.45. The quantitative estimate of drug-likeness (QED) is 0.582. The van der Waals surface area contributed by atoms with Crippen LogP contribution in [0.3, 0.4) is 0 Å². The molecule has 3 aromatic rings. The molecular weight excluding hydrogens is 456 g/mol. The zero-order valence-corrected chi connectivity index (χ0v) is 20.8. The van der Waals surface area contributed by atoms with Crippen LogP contribution in [0.5, 0.6) is 5.75 Å². The molecule has 0 unspecified atom stereocenters. The molecule has 0 radical (unpaired) electrons. The fraction of sp³-hybridized carbons (Fsp3) is 0.522. The first-order valence-electron chi connectivity index (χ1n) is 11.7.